The molecule has 3 aromatic rings. The summed E-state index contributed by atoms with van der Waals surface area (Å²) in [5.41, 5.74) is 2.71. The van der Waals surface area contributed by atoms with Crippen LogP contribution in [0, 0.1) is 0 Å². The minimum Gasteiger partial charge on any atom is -0.495 e. The summed E-state index contributed by atoms with van der Waals surface area (Å²) in [6.45, 7) is 8.85. The zero-order chi connectivity index (χ0) is 30.3. The van der Waals surface area contributed by atoms with E-state index in [2.05, 4.69) is 42.3 Å². The first kappa shape index (κ1) is 30.7. The number of amides is 1. The lowest BCUT2D eigenvalue weighted by Gasteiger charge is -2.41. The van der Waals surface area contributed by atoms with Crippen molar-refractivity contribution < 1.29 is 19.0 Å². The minimum absolute atomic E-state index is 0.302. The number of morpholine rings is 1. The van der Waals surface area contributed by atoms with Crippen molar-refractivity contribution in [3.8, 4) is 11.5 Å². The first-order chi connectivity index (χ1) is 20.9. The molecule has 3 heterocycles. The second kappa shape index (κ2) is 14.1. The molecule has 1 aromatic heterocycles. The van der Waals surface area contributed by atoms with Crippen LogP contribution in [-0.4, -0.2) is 80.4 Å². The first-order valence-electron chi connectivity index (χ1n) is 14.0. The van der Waals surface area contributed by atoms with Crippen LogP contribution in [0.3, 0.4) is 0 Å². The van der Waals surface area contributed by atoms with Crippen LogP contribution in [-0.2, 0) is 9.53 Å². The van der Waals surface area contributed by atoms with Crippen LogP contribution in [0.25, 0.3) is 0 Å². The highest BCUT2D eigenvalue weighted by Gasteiger charge is 2.28. The second-order valence-corrected chi connectivity index (χ2v) is 10.9. The summed E-state index contributed by atoms with van der Waals surface area (Å²) >= 11 is 12.6. The Hall–Kier alpha value is -3.77. The normalized spacial score (nSPS) is 16.0. The van der Waals surface area contributed by atoms with Gasteiger partial charge < -0.3 is 35.1 Å². The second-order valence-electron chi connectivity index (χ2n) is 10.1. The largest absolute Gasteiger partial charge is 0.495 e. The average molecular weight is 629 g/mol. The zero-order valence-electron chi connectivity index (χ0n) is 24.2. The Morgan fingerprint density at radius 1 is 0.907 bits per heavy atom. The molecule has 0 aliphatic carbocycles. The van der Waals surface area contributed by atoms with Gasteiger partial charge in [-0.1, -0.05) is 29.8 Å². The molecule has 2 fully saturated rings. The maximum atomic E-state index is 12.4. The predicted octanol–water partition coefficient (Wildman–Crippen LogP) is 5.71. The Bertz CT molecular complexity index is 1460. The Labute approximate surface area is 261 Å². The molecule has 11 nitrogen and oxygen atoms in total. The van der Waals surface area contributed by atoms with Crippen LogP contribution in [0.5, 0.6) is 11.5 Å². The van der Waals surface area contributed by atoms with Gasteiger partial charge in [-0.05, 0) is 31.1 Å². The number of nitrogens with one attached hydrogen (secondary N) is 3. The molecule has 228 valence electrons. The summed E-state index contributed by atoms with van der Waals surface area (Å²) in [4.78, 5) is 25.9. The van der Waals surface area contributed by atoms with Crippen molar-refractivity contribution in [2.24, 2.45) is 0 Å². The molecule has 2 saturated heterocycles. The number of halogens is 2. The van der Waals surface area contributed by atoms with E-state index >= 15 is 0 Å². The zero-order valence-corrected chi connectivity index (χ0v) is 25.7. The molecule has 13 heteroatoms. The van der Waals surface area contributed by atoms with E-state index in [1.54, 1.807) is 25.3 Å². The molecule has 5 rings (SSSR count). The monoisotopic (exact) mass is 627 g/mol. The Morgan fingerprint density at radius 3 is 2.23 bits per heavy atom. The van der Waals surface area contributed by atoms with E-state index in [0.29, 0.717) is 56.3 Å². The maximum absolute atomic E-state index is 12.4. The van der Waals surface area contributed by atoms with Gasteiger partial charge in [-0.15, -0.1) is 0 Å². The van der Waals surface area contributed by atoms with Crippen LogP contribution in [0.1, 0.15) is 12.8 Å². The minimum atomic E-state index is -0.302. The summed E-state index contributed by atoms with van der Waals surface area (Å²) in [7, 11) is 3.14. The van der Waals surface area contributed by atoms with Crippen molar-refractivity contribution in [1.29, 1.82) is 0 Å². The van der Waals surface area contributed by atoms with E-state index < -0.39 is 0 Å². The van der Waals surface area contributed by atoms with E-state index in [1.165, 1.54) is 19.5 Å². The quantitative estimate of drug-likeness (QED) is 0.241. The smallest absolute Gasteiger partial charge is 0.247 e. The van der Waals surface area contributed by atoms with E-state index in [-0.39, 0.29) is 5.91 Å². The van der Waals surface area contributed by atoms with E-state index in [4.69, 9.17) is 37.4 Å². The predicted molar refractivity (Wildman–Crippen MR) is 171 cm³/mol. The van der Waals surface area contributed by atoms with E-state index in [9.17, 15) is 4.79 Å². The van der Waals surface area contributed by atoms with Crippen molar-refractivity contribution in [2.45, 2.75) is 18.9 Å². The topological polar surface area (TPSA) is 113 Å². The number of anilines is 6. The molecule has 0 unspecified atom stereocenters. The van der Waals surface area contributed by atoms with Crippen molar-refractivity contribution in [3.05, 3.63) is 59.4 Å². The number of piperidine rings is 1. The lowest BCUT2D eigenvalue weighted by Crippen LogP contribution is -2.49. The molecule has 0 atom stereocenters. The van der Waals surface area contributed by atoms with Crippen LogP contribution < -0.4 is 30.3 Å². The molecule has 0 spiro atoms. The number of benzene rings is 2. The van der Waals surface area contributed by atoms with Crippen LogP contribution in [0.4, 0.5) is 34.4 Å². The van der Waals surface area contributed by atoms with Crippen molar-refractivity contribution in [2.75, 3.05) is 74.5 Å². The first-order valence-corrected chi connectivity index (χ1v) is 14.8. The number of methoxy groups -OCH3 is 2. The highest BCUT2D eigenvalue weighted by atomic mass is 35.5. The molecular formula is C30H35Cl2N7O4. The number of hydrogen-bond acceptors (Lipinski definition) is 10. The summed E-state index contributed by atoms with van der Waals surface area (Å²) in [6, 6.07) is 9.33. The summed E-state index contributed by atoms with van der Waals surface area (Å²) in [6.07, 6.45) is 4.73. The third-order valence-electron chi connectivity index (χ3n) is 7.56. The van der Waals surface area contributed by atoms with E-state index in [1.807, 2.05) is 12.1 Å². The van der Waals surface area contributed by atoms with Gasteiger partial charge in [0, 0.05) is 50.4 Å². The molecule has 43 heavy (non-hydrogen) atoms. The molecular weight excluding hydrogens is 593 g/mol. The highest BCUT2D eigenvalue weighted by Crippen LogP contribution is 2.40. The van der Waals surface area contributed by atoms with Crippen LogP contribution in [0.15, 0.2) is 49.3 Å². The molecule has 2 aliphatic rings. The molecule has 1 amide bonds. The molecule has 0 bridgehead atoms. The molecule has 3 N–H and O–H groups in total. The fraction of sp³-hybridized carbons (Fsp3) is 0.367. The Kier molecular flexibility index (Phi) is 10.1. The van der Waals surface area contributed by atoms with Gasteiger partial charge in [0.15, 0.2) is 0 Å². The fourth-order valence-corrected chi connectivity index (χ4v) is 5.85. The van der Waals surface area contributed by atoms with Gasteiger partial charge in [0.05, 0.1) is 60.2 Å². The van der Waals surface area contributed by atoms with Crippen LogP contribution >= 0.6 is 23.2 Å². The summed E-state index contributed by atoms with van der Waals surface area (Å²) < 4.78 is 16.6. The maximum Gasteiger partial charge on any atom is 0.247 e. The molecule has 2 aromatic carbocycles. The highest BCUT2D eigenvalue weighted by molar-refractivity contribution is 6.37. The molecule has 0 radical (unpaired) electrons. The SMILES string of the molecule is C=CC(=O)Nc1cc(Nc2cc(Nc3cc(OC)c(Cl)cc3Cl)ncn2)c(OC)cc1N1CCC(N2CCOCC2)CC1. The number of rotatable bonds is 10. The lowest BCUT2D eigenvalue weighted by atomic mass is 10.0. The Balaban J connectivity index is 1.37. The van der Waals surface area contributed by atoms with Gasteiger partial charge in [0.1, 0.15) is 29.5 Å². The average Bonchev–Trinajstić information content (AvgIpc) is 3.03. The Morgan fingerprint density at radius 2 is 1.58 bits per heavy atom. The lowest BCUT2D eigenvalue weighted by molar-refractivity contribution is -0.111. The summed E-state index contributed by atoms with van der Waals surface area (Å²) in [5.74, 6) is 1.76. The number of aromatic nitrogens is 2. The van der Waals surface area contributed by atoms with Gasteiger partial charge in [0.2, 0.25) is 5.91 Å². The standard InChI is InChI=1S/C30H35Cl2N7O4/c1-4-30(40)37-23-14-24(27(42-3)16-25(23)39-7-5-19(6-8-39)38-9-11-43-12-10-38)36-29-17-28(33-18-34-29)35-22-15-26(41-2)21(32)13-20(22)31/h4,13-19H,1,5-12H2,2-3H3,(H,37,40)(H2,33,34,35,36). The number of carbonyl (C=O) groups excluding carboxylic acids is 1. The summed E-state index contributed by atoms with van der Waals surface area (Å²) in [5, 5.41) is 10.3. The third kappa shape index (κ3) is 7.42. The molecule has 2 aliphatic heterocycles. The van der Waals surface area contributed by atoms with Crippen molar-refractivity contribution in [3.63, 3.8) is 0 Å². The van der Waals surface area contributed by atoms with Gasteiger partial charge in [0.25, 0.3) is 0 Å². The number of nitrogens with zero attached hydrogens (tertiary/aromatic N) is 4. The number of hydrogen-bond donors (Lipinski definition) is 3. The number of carbonyl (C=O) groups is 1. The van der Waals surface area contributed by atoms with Gasteiger partial charge in [-0.2, -0.15) is 0 Å². The van der Waals surface area contributed by atoms with Gasteiger partial charge >= 0.3 is 0 Å². The van der Waals surface area contributed by atoms with Gasteiger partial charge in [-0.25, -0.2) is 9.97 Å². The number of ether oxygens (including phenoxy) is 3. The molecule has 0 saturated carbocycles. The van der Waals surface area contributed by atoms with Crippen molar-refractivity contribution in [1.82, 2.24) is 14.9 Å². The van der Waals surface area contributed by atoms with Gasteiger partial charge in [-0.3, -0.25) is 9.69 Å². The van der Waals surface area contributed by atoms with Crippen molar-refractivity contribution >= 4 is 63.5 Å². The third-order valence-corrected chi connectivity index (χ3v) is 8.17. The fourth-order valence-electron chi connectivity index (χ4n) is 5.35. The van der Waals surface area contributed by atoms with Crippen LogP contribution in [0.2, 0.25) is 10.0 Å². The van der Waals surface area contributed by atoms with E-state index in [0.717, 1.165) is 57.9 Å².